The highest BCUT2D eigenvalue weighted by Gasteiger charge is 2.10. The summed E-state index contributed by atoms with van der Waals surface area (Å²) in [6, 6.07) is 9.78. The average molecular weight is 408 g/mol. The smallest absolute Gasteiger partial charge is 0.307 e. The Morgan fingerprint density at radius 2 is 1.86 bits per heavy atom. The monoisotopic (exact) mass is 408 g/mol. The first-order valence-corrected chi connectivity index (χ1v) is 9.23. The van der Waals surface area contributed by atoms with Gasteiger partial charge in [0.25, 0.3) is 11.8 Å². The van der Waals surface area contributed by atoms with Gasteiger partial charge in [-0.05, 0) is 36.4 Å². The van der Waals surface area contributed by atoms with E-state index in [0.29, 0.717) is 21.9 Å². The summed E-state index contributed by atoms with van der Waals surface area (Å²) in [6.45, 7) is -0.473. The zero-order valence-electron chi connectivity index (χ0n) is 15.0. The fraction of sp³-hybridized carbons (Fsp3) is 0.211. The lowest BCUT2D eigenvalue weighted by atomic mass is 10.2. The van der Waals surface area contributed by atoms with Crippen LogP contribution in [-0.4, -0.2) is 37.2 Å². The fourth-order valence-corrected chi connectivity index (χ4v) is 2.97. The third kappa shape index (κ3) is 6.66. The number of hydrogen-bond acceptors (Lipinski definition) is 5. The van der Waals surface area contributed by atoms with Crippen molar-refractivity contribution in [1.82, 2.24) is 5.32 Å². The molecule has 0 aromatic heterocycles. The number of thioether (sulfide) groups is 1. The Hall–Kier alpha value is -2.94. The molecule has 2 amide bonds. The number of esters is 1. The van der Waals surface area contributed by atoms with Gasteiger partial charge in [0.15, 0.2) is 18.2 Å². The fourth-order valence-electron chi connectivity index (χ4n) is 2.12. The molecular weight excluding hydrogens is 390 g/mol. The minimum atomic E-state index is -0.954. The van der Waals surface area contributed by atoms with Gasteiger partial charge in [0.1, 0.15) is 0 Å². The number of carbonyl (C=O) groups is 3. The van der Waals surface area contributed by atoms with Crippen molar-refractivity contribution in [3.8, 4) is 0 Å². The third-order valence-corrected chi connectivity index (χ3v) is 4.46. The molecule has 28 heavy (non-hydrogen) atoms. The van der Waals surface area contributed by atoms with Crippen molar-refractivity contribution < 1.29 is 27.9 Å². The summed E-state index contributed by atoms with van der Waals surface area (Å²) in [5.41, 5.74) is 0.780. The van der Waals surface area contributed by atoms with E-state index in [1.54, 1.807) is 18.2 Å². The van der Waals surface area contributed by atoms with Gasteiger partial charge in [-0.3, -0.25) is 14.4 Å². The summed E-state index contributed by atoms with van der Waals surface area (Å²) < 4.78 is 30.8. The SMILES string of the molecule is CNC(=O)c1cccc(NC(=O)COC(=O)CCSc2ccc(F)c(F)c2)c1. The Bertz CT molecular complexity index is 877. The number of nitrogens with one attached hydrogen (secondary N) is 2. The van der Waals surface area contributed by atoms with Crippen LogP contribution in [-0.2, 0) is 14.3 Å². The van der Waals surface area contributed by atoms with E-state index in [1.165, 1.54) is 30.9 Å². The first kappa shape index (κ1) is 21.4. The van der Waals surface area contributed by atoms with E-state index in [4.69, 9.17) is 4.74 Å². The molecule has 0 atom stereocenters. The van der Waals surface area contributed by atoms with Gasteiger partial charge in [-0.1, -0.05) is 6.07 Å². The molecule has 0 radical (unpaired) electrons. The van der Waals surface area contributed by atoms with Crippen molar-refractivity contribution in [2.24, 2.45) is 0 Å². The number of anilines is 1. The van der Waals surface area contributed by atoms with Gasteiger partial charge in [0, 0.05) is 28.9 Å². The molecule has 0 aliphatic heterocycles. The van der Waals surface area contributed by atoms with Crippen LogP contribution in [0.5, 0.6) is 0 Å². The van der Waals surface area contributed by atoms with Crippen LogP contribution in [0.4, 0.5) is 14.5 Å². The molecular formula is C19H18F2N2O4S. The third-order valence-electron chi connectivity index (χ3n) is 3.47. The molecule has 6 nitrogen and oxygen atoms in total. The molecule has 2 aromatic carbocycles. The second-order valence-electron chi connectivity index (χ2n) is 5.54. The molecule has 0 heterocycles. The largest absolute Gasteiger partial charge is 0.456 e. The predicted molar refractivity (Wildman–Crippen MR) is 101 cm³/mol. The summed E-state index contributed by atoms with van der Waals surface area (Å²) in [5, 5.41) is 5.01. The highest BCUT2D eigenvalue weighted by Crippen LogP contribution is 2.21. The van der Waals surface area contributed by atoms with Crippen molar-refractivity contribution in [3.05, 3.63) is 59.7 Å². The van der Waals surface area contributed by atoms with E-state index in [-0.39, 0.29) is 12.3 Å². The highest BCUT2D eigenvalue weighted by molar-refractivity contribution is 7.99. The molecule has 2 rings (SSSR count). The quantitative estimate of drug-likeness (QED) is 0.518. The van der Waals surface area contributed by atoms with E-state index in [2.05, 4.69) is 10.6 Å². The lowest BCUT2D eigenvalue weighted by molar-refractivity contribution is -0.146. The topological polar surface area (TPSA) is 84.5 Å². The molecule has 0 unspecified atom stereocenters. The lowest BCUT2D eigenvalue weighted by Gasteiger charge is -2.08. The van der Waals surface area contributed by atoms with Gasteiger partial charge in [-0.2, -0.15) is 0 Å². The summed E-state index contributed by atoms with van der Waals surface area (Å²) in [7, 11) is 1.50. The number of carbonyl (C=O) groups excluding carboxylic acids is 3. The zero-order valence-corrected chi connectivity index (χ0v) is 15.8. The van der Waals surface area contributed by atoms with Crippen LogP contribution in [0.3, 0.4) is 0 Å². The van der Waals surface area contributed by atoms with E-state index in [1.807, 2.05) is 0 Å². The van der Waals surface area contributed by atoms with Gasteiger partial charge < -0.3 is 15.4 Å². The number of hydrogen-bond donors (Lipinski definition) is 2. The van der Waals surface area contributed by atoms with Gasteiger partial charge in [-0.25, -0.2) is 8.78 Å². The van der Waals surface area contributed by atoms with E-state index < -0.39 is 30.1 Å². The second kappa shape index (κ2) is 10.4. The van der Waals surface area contributed by atoms with Crippen LogP contribution in [0.2, 0.25) is 0 Å². The van der Waals surface area contributed by atoms with Crippen molar-refractivity contribution >= 4 is 35.2 Å². The van der Waals surface area contributed by atoms with Crippen LogP contribution in [0.25, 0.3) is 0 Å². The van der Waals surface area contributed by atoms with Gasteiger partial charge in [-0.15, -0.1) is 11.8 Å². The van der Waals surface area contributed by atoms with Gasteiger partial charge >= 0.3 is 5.97 Å². The Labute approximate surface area is 164 Å². The summed E-state index contributed by atoms with van der Waals surface area (Å²) in [5.74, 6) is -3.03. The maximum Gasteiger partial charge on any atom is 0.307 e. The highest BCUT2D eigenvalue weighted by atomic mass is 32.2. The maximum absolute atomic E-state index is 13.1. The Kier molecular flexibility index (Phi) is 7.94. The average Bonchev–Trinajstić information content (AvgIpc) is 2.68. The minimum absolute atomic E-state index is 0.00307. The zero-order chi connectivity index (χ0) is 20.5. The van der Waals surface area contributed by atoms with Crippen molar-refractivity contribution in [3.63, 3.8) is 0 Å². The van der Waals surface area contributed by atoms with Crippen molar-refractivity contribution in [2.45, 2.75) is 11.3 Å². The molecule has 0 aliphatic rings. The van der Waals surface area contributed by atoms with Crippen molar-refractivity contribution in [1.29, 1.82) is 0 Å². The summed E-state index contributed by atoms with van der Waals surface area (Å²) >= 11 is 1.17. The molecule has 0 aliphatic carbocycles. The second-order valence-corrected chi connectivity index (χ2v) is 6.71. The Morgan fingerprint density at radius 3 is 2.57 bits per heavy atom. The maximum atomic E-state index is 13.1. The van der Waals surface area contributed by atoms with Crippen LogP contribution in [0.15, 0.2) is 47.4 Å². The molecule has 0 bridgehead atoms. The molecule has 0 saturated carbocycles. The molecule has 9 heteroatoms. The Balaban J connectivity index is 1.72. The van der Waals surface area contributed by atoms with E-state index in [0.717, 1.165) is 12.1 Å². The molecule has 0 saturated heterocycles. The molecule has 2 aromatic rings. The first-order chi connectivity index (χ1) is 13.4. The number of amides is 2. The standard InChI is InChI=1S/C19H18F2N2O4S/c1-22-19(26)12-3-2-4-13(9-12)23-17(24)11-27-18(25)7-8-28-14-5-6-15(20)16(21)10-14/h2-6,9-10H,7-8,11H2,1H3,(H,22,26)(H,23,24). The number of ether oxygens (including phenoxy) is 1. The predicted octanol–water partition coefficient (Wildman–Crippen LogP) is 2.99. The summed E-state index contributed by atoms with van der Waals surface area (Å²) in [4.78, 5) is 35.6. The molecule has 0 spiro atoms. The molecule has 2 N–H and O–H groups in total. The minimum Gasteiger partial charge on any atom is -0.456 e. The van der Waals surface area contributed by atoms with Crippen LogP contribution >= 0.6 is 11.8 Å². The number of benzene rings is 2. The first-order valence-electron chi connectivity index (χ1n) is 8.24. The van der Waals surface area contributed by atoms with Gasteiger partial charge in [0.2, 0.25) is 0 Å². The van der Waals surface area contributed by atoms with E-state index >= 15 is 0 Å². The van der Waals surface area contributed by atoms with Crippen LogP contribution in [0.1, 0.15) is 16.8 Å². The summed E-state index contributed by atoms with van der Waals surface area (Å²) in [6.07, 6.45) is 0.00307. The normalized spacial score (nSPS) is 10.2. The Morgan fingerprint density at radius 1 is 1.07 bits per heavy atom. The molecule has 148 valence electrons. The molecule has 0 fully saturated rings. The number of halogens is 2. The van der Waals surface area contributed by atoms with Crippen LogP contribution in [0, 0.1) is 11.6 Å². The lowest BCUT2D eigenvalue weighted by Crippen LogP contribution is -2.22. The van der Waals surface area contributed by atoms with Gasteiger partial charge in [0.05, 0.1) is 6.42 Å². The van der Waals surface area contributed by atoms with Crippen LogP contribution < -0.4 is 10.6 Å². The van der Waals surface area contributed by atoms with E-state index in [9.17, 15) is 23.2 Å². The number of rotatable bonds is 8. The van der Waals surface area contributed by atoms with Crippen molar-refractivity contribution in [2.75, 3.05) is 24.7 Å².